The molecule has 5 aromatic rings. The molecule has 1 amide bonds. The third kappa shape index (κ3) is 6.89. The molecule has 1 saturated heterocycles. The van der Waals surface area contributed by atoms with Crippen molar-refractivity contribution >= 4 is 23.4 Å². The Bertz CT molecular complexity index is 1690. The third-order valence-electron chi connectivity index (χ3n) is 7.03. The number of rotatable bonds is 6. The van der Waals surface area contributed by atoms with Crippen LogP contribution in [-0.2, 0) is 11.3 Å². The van der Waals surface area contributed by atoms with E-state index in [-0.39, 0.29) is 12.2 Å². The molecular weight excluding hydrogens is 526 g/mol. The lowest BCUT2D eigenvalue weighted by molar-refractivity contribution is -0.106. The molecule has 1 aliphatic heterocycles. The maximum atomic E-state index is 9.02. The van der Waals surface area contributed by atoms with Gasteiger partial charge in [-0.25, -0.2) is 24.9 Å². The van der Waals surface area contributed by atoms with Crippen LogP contribution in [0.5, 0.6) is 0 Å². The van der Waals surface area contributed by atoms with Crippen molar-refractivity contribution in [3.8, 4) is 28.6 Å². The number of carbonyl (C=O) groups excluding carboxylic acids is 1. The number of likely N-dealkylation sites (tertiary alicyclic amines) is 1. The van der Waals surface area contributed by atoms with E-state index in [2.05, 4.69) is 67.3 Å². The lowest BCUT2D eigenvalue weighted by Gasteiger charge is -2.32. The molecule has 0 unspecified atom stereocenters. The molecule has 210 valence electrons. The number of nitrogens with one attached hydrogen (secondary N) is 1. The normalized spacial score (nSPS) is 13.5. The topological polar surface area (TPSA) is 147 Å². The zero-order chi connectivity index (χ0) is 29.3. The molecule has 4 heterocycles. The minimum Gasteiger partial charge on any atom is -0.372 e. The third-order valence-corrected chi connectivity index (χ3v) is 7.03. The summed E-state index contributed by atoms with van der Waals surface area (Å²) in [4.78, 5) is 33.7. The van der Waals surface area contributed by atoms with Gasteiger partial charge in [-0.3, -0.25) is 9.69 Å². The van der Waals surface area contributed by atoms with E-state index in [1.807, 2.05) is 49.5 Å². The van der Waals surface area contributed by atoms with Crippen molar-refractivity contribution in [1.29, 1.82) is 5.26 Å². The molecule has 0 radical (unpaired) electrons. The standard InChI is InChI=1S/C31H28N8.CH3NO/c1-21-17-26-31(34-19-21)38-30(23-5-3-2-4-6-23)29(36-26)24-9-7-22(8-10-24)20-39-15-12-25(13-16-39)35-27-11-14-33-28(18-32)37-27;2-1-3/h2-11,14,17,19,25H,12-13,15-16,20H2,1H3,(H,33,35,37);1H,(H2,2,3). The van der Waals surface area contributed by atoms with Crippen molar-refractivity contribution < 1.29 is 4.79 Å². The number of hydrogen-bond donors (Lipinski definition) is 2. The van der Waals surface area contributed by atoms with E-state index in [1.54, 1.807) is 6.20 Å². The predicted molar refractivity (Wildman–Crippen MR) is 162 cm³/mol. The highest BCUT2D eigenvalue weighted by Gasteiger charge is 2.20. The number of benzene rings is 2. The van der Waals surface area contributed by atoms with Crippen LogP contribution in [0, 0.1) is 18.3 Å². The van der Waals surface area contributed by atoms with Gasteiger partial charge in [-0.15, -0.1) is 0 Å². The second kappa shape index (κ2) is 13.4. The first-order valence-corrected chi connectivity index (χ1v) is 13.7. The molecule has 3 aromatic heterocycles. The van der Waals surface area contributed by atoms with Crippen molar-refractivity contribution in [3.05, 3.63) is 96.1 Å². The van der Waals surface area contributed by atoms with E-state index in [0.29, 0.717) is 17.5 Å². The van der Waals surface area contributed by atoms with Crippen LogP contribution in [0.1, 0.15) is 29.8 Å². The maximum Gasteiger partial charge on any atom is 0.234 e. The lowest BCUT2D eigenvalue weighted by atomic mass is 10.0. The summed E-state index contributed by atoms with van der Waals surface area (Å²) < 4.78 is 0. The van der Waals surface area contributed by atoms with E-state index in [9.17, 15) is 0 Å². The van der Waals surface area contributed by atoms with Gasteiger partial charge in [0.05, 0.1) is 11.4 Å². The summed E-state index contributed by atoms with van der Waals surface area (Å²) in [6.07, 6.45) is 5.74. The van der Waals surface area contributed by atoms with Gasteiger partial charge in [0, 0.05) is 49.2 Å². The number of nitrogens with zero attached hydrogens (tertiary/aromatic N) is 7. The summed E-state index contributed by atoms with van der Waals surface area (Å²) in [5.74, 6) is 0.909. The molecule has 10 nitrogen and oxygen atoms in total. The Morgan fingerprint density at radius 1 is 0.976 bits per heavy atom. The number of hydrogen-bond acceptors (Lipinski definition) is 9. The molecule has 1 aliphatic rings. The summed E-state index contributed by atoms with van der Waals surface area (Å²) in [5, 5.41) is 12.5. The zero-order valence-corrected chi connectivity index (χ0v) is 23.3. The fraction of sp³-hybridized carbons (Fsp3) is 0.219. The second-order valence-electron chi connectivity index (χ2n) is 10.0. The molecule has 42 heavy (non-hydrogen) atoms. The molecule has 3 N–H and O–H groups in total. The Morgan fingerprint density at radius 3 is 2.38 bits per heavy atom. The SMILES string of the molecule is Cc1cnc2nc(-c3ccccc3)c(-c3ccc(CN4CCC(Nc5ccnc(C#N)n5)CC4)cc3)nc2c1.NC=O. The fourth-order valence-corrected chi connectivity index (χ4v) is 5.01. The first-order valence-electron chi connectivity index (χ1n) is 13.7. The highest BCUT2D eigenvalue weighted by Crippen LogP contribution is 2.31. The van der Waals surface area contributed by atoms with Crippen molar-refractivity contribution in [1.82, 2.24) is 29.8 Å². The van der Waals surface area contributed by atoms with Gasteiger partial charge in [0.2, 0.25) is 12.2 Å². The smallest absolute Gasteiger partial charge is 0.234 e. The average molecular weight is 558 g/mol. The van der Waals surface area contributed by atoms with Crippen molar-refractivity contribution in [2.24, 2.45) is 5.73 Å². The number of aromatic nitrogens is 5. The van der Waals surface area contributed by atoms with Gasteiger partial charge in [-0.2, -0.15) is 5.26 Å². The highest BCUT2D eigenvalue weighted by atomic mass is 16.1. The van der Waals surface area contributed by atoms with Gasteiger partial charge >= 0.3 is 0 Å². The number of nitrogens with two attached hydrogens (primary N) is 1. The average Bonchev–Trinajstić information content (AvgIpc) is 3.03. The van der Waals surface area contributed by atoms with Crippen LogP contribution in [0.4, 0.5) is 5.82 Å². The summed E-state index contributed by atoms with van der Waals surface area (Å²) >= 11 is 0. The van der Waals surface area contributed by atoms with Gasteiger partial charge in [-0.1, -0.05) is 54.6 Å². The van der Waals surface area contributed by atoms with Crippen LogP contribution < -0.4 is 11.1 Å². The molecule has 10 heteroatoms. The minimum absolute atomic E-state index is 0.193. The van der Waals surface area contributed by atoms with Gasteiger partial charge in [-0.05, 0) is 43.0 Å². The summed E-state index contributed by atoms with van der Waals surface area (Å²) in [6.45, 7) is 4.91. The lowest BCUT2D eigenvalue weighted by Crippen LogP contribution is -2.38. The number of primary amides is 1. The number of anilines is 1. The van der Waals surface area contributed by atoms with Crippen LogP contribution in [0.25, 0.3) is 33.7 Å². The maximum absolute atomic E-state index is 9.02. The summed E-state index contributed by atoms with van der Waals surface area (Å²) in [7, 11) is 0. The molecule has 0 atom stereocenters. The first-order chi connectivity index (χ1) is 20.6. The van der Waals surface area contributed by atoms with Gasteiger partial charge in [0.25, 0.3) is 0 Å². The number of nitriles is 1. The highest BCUT2D eigenvalue weighted by molar-refractivity contribution is 5.84. The molecular formula is C32H31N9O. The minimum atomic E-state index is 0.193. The van der Waals surface area contributed by atoms with E-state index in [1.165, 1.54) is 5.56 Å². The van der Waals surface area contributed by atoms with Crippen LogP contribution >= 0.6 is 0 Å². The van der Waals surface area contributed by atoms with E-state index < -0.39 is 0 Å². The molecule has 2 aromatic carbocycles. The second-order valence-corrected chi connectivity index (χ2v) is 10.0. The Labute approximate surface area is 244 Å². The van der Waals surface area contributed by atoms with Gasteiger partial charge in [0.15, 0.2) is 5.65 Å². The Balaban J connectivity index is 0.00000113. The molecule has 6 rings (SSSR count). The van der Waals surface area contributed by atoms with Crippen molar-refractivity contribution in [2.75, 3.05) is 18.4 Å². The van der Waals surface area contributed by atoms with Crippen LogP contribution in [-0.4, -0.2) is 55.4 Å². The Morgan fingerprint density at radius 2 is 1.67 bits per heavy atom. The Kier molecular flexibility index (Phi) is 9.01. The first kappa shape index (κ1) is 28.3. The van der Waals surface area contributed by atoms with Crippen molar-refractivity contribution in [2.45, 2.75) is 32.4 Å². The number of carbonyl (C=O) groups is 1. The van der Waals surface area contributed by atoms with Crippen LogP contribution in [0.3, 0.4) is 0 Å². The van der Waals surface area contributed by atoms with Crippen LogP contribution in [0.2, 0.25) is 0 Å². The molecule has 0 saturated carbocycles. The van der Waals surface area contributed by atoms with Crippen LogP contribution in [0.15, 0.2) is 79.1 Å². The largest absolute Gasteiger partial charge is 0.372 e. The van der Waals surface area contributed by atoms with Gasteiger partial charge in [0.1, 0.15) is 17.4 Å². The summed E-state index contributed by atoms with van der Waals surface area (Å²) in [6, 6.07) is 25.0. The van der Waals surface area contributed by atoms with E-state index in [0.717, 1.165) is 66.1 Å². The molecule has 0 aliphatic carbocycles. The number of piperidine rings is 1. The number of aryl methyl sites for hydroxylation is 1. The zero-order valence-electron chi connectivity index (χ0n) is 23.3. The molecule has 0 bridgehead atoms. The number of pyridine rings is 1. The number of fused-ring (bicyclic) bond motifs is 1. The summed E-state index contributed by atoms with van der Waals surface area (Å²) in [5.41, 5.74) is 11.7. The number of amides is 1. The van der Waals surface area contributed by atoms with E-state index >= 15 is 0 Å². The van der Waals surface area contributed by atoms with Crippen molar-refractivity contribution in [3.63, 3.8) is 0 Å². The molecule has 1 fully saturated rings. The quantitative estimate of drug-likeness (QED) is 0.288. The Hall–Kier alpha value is -5.27. The fourth-order valence-electron chi connectivity index (χ4n) is 5.01. The van der Waals surface area contributed by atoms with Gasteiger partial charge < -0.3 is 11.1 Å². The predicted octanol–water partition coefficient (Wildman–Crippen LogP) is 4.51. The van der Waals surface area contributed by atoms with E-state index in [4.69, 9.17) is 20.0 Å². The monoisotopic (exact) mass is 557 g/mol. The molecule has 0 spiro atoms.